The van der Waals surface area contributed by atoms with E-state index in [9.17, 15) is 4.79 Å². The molecule has 0 radical (unpaired) electrons. The summed E-state index contributed by atoms with van der Waals surface area (Å²) in [7, 11) is 0. The van der Waals surface area contributed by atoms with Gasteiger partial charge in [0.25, 0.3) is 0 Å². The van der Waals surface area contributed by atoms with E-state index in [1.165, 1.54) is 64.2 Å². The highest BCUT2D eigenvalue weighted by molar-refractivity contribution is 5.66. The van der Waals surface area contributed by atoms with E-state index in [1.807, 2.05) is 0 Å². The second-order valence-corrected chi connectivity index (χ2v) is 7.82. The van der Waals surface area contributed by atoms with Gasteiger partial charge in [-0.15, -0.1) is 0 Å². The van der Waals surface area contributed by atoms with Crippen molar-refractivity contribution < 1.29 is 9.90 Å². The predicted molar refractivity (Wildman–Crippen MR) is 87.3 cm³/mol. The van der Waals surface area contributed by atoms with E-state index in [0.717, 1.165) is 36.5 Å². The Labute approximate surface area is 130 Å². The third-order valence-corrected chi connectivity index (χ3v) is 5.99. The van der Waals surface area contributed by atoms with Gasteiger partial charge in [-0.3, -0.25) is 4.79 Å². The van der Waals surface area contributed by atoms with Gasteiger partial charge in [-0.1, -0.05) is 51.9 Å². The van der Waals surface area contributed by atoms with Gasteiger partial charge in [0.15, 0.2) is 0 Å². The molecule has 0 aromatic carbocycles. The maximum Gasteiger partial charge on any atom is 0.303 e. The lowest BCUT2D eigenvalue weighted by molar-refractivity contribution is -0.137. The Morgan fingerprint density at radius 1 is 0.905 bits per heavy atom. The second kappa shape index (κ2) is 8.80. The zero-order valence-corrected chi connectivity index (χ0v) is 13.9. The first-order valence-corrected chi connectivity index (χ1v) is 9.37. The Kier molecular flexibility index (Phi) is 7.06. The molecule has 2 aliphatic carbocycles. The van der Waals surface area contributed by atoms with Crippen molar-refractivity contribution in [2.45, 2.75) is 90.4 Å². The Morgan fingerprint density at radius 3 is 2.38 bits per heavy atom. The van der Waals surface area contributed by atoms with Crippen LogP contribution in [0.2, 0.25) is 0 Å². The summed E-state index contributed by atoms with van der Waals surface area (Å²) < 4.78 is 0. The number of carboxylic acids is 1. The van der Waals surface area contributed by atoms with E-state index in [4.69, 9.17) is 5.11 Å². The SMILES string of the molecule is CC1CCC2CC(CCCCCCCC(=O)O)CCC2C1. The smallest absolute Gasteiger partial charge is 0.303 e. The molecule has 122 valence electrons. The van der Waals surface area contributed by atoms with Crippen molar-refractivity contribution in [3.63, 3.8) is 0 Å². The quantitative estimate of drug-likeness (QED) is 0.587. The summed E-state index contributed by atoms with van der Waals surface area (Å²) in [5.74, 6) is 3.44. The van der Waals surface area contributed by atoms with Crippen LogP contribution in [-0.2, 0) is 4.79 Å². The minimum absolute atomic E-state index is 0.351. The molecular weight excluding hydrogens is 260 g/mol. The zero-order chi connectivity index (χ0) is 15.1. The van der Waals surface area contributed by atoms with Crippen molar-refractivity contribution in [1.29, 1.82) is 0 Å². The van der Waals surface area contributed by atoms with Gasteiger partial charge in [0.05, 0.1) is 0 Å². The van der Waals surface area contributed by atoms with Crippen LogP contribution in [0.5, 0.6) is 0 Å². The van der Waals surface area contributed by atoms with Crippen molar-refractivity contribution in [3.8, 4) is 0 Å². The third-order valence-electron chi connectivity index (χ3n) is 5.99. The van der Waals surface area contributed by atoms with E-state index in [1.54, 1.807) is 0 Å². The van der Waals surface area contributed by atoms with Gasteiger partial charge in [-0.2, -0.15) is 0 Å². The summed E-state index contributed by atoms with van der Waals surface area (Å²) in [4.78, 5) is 10.4. The van der Waals surface area contributed by atoms with Crippen LogP contribution in [0.4, 0.5) is 0 Å². The van der Waals surface area contributed by atoms with Crippen molar-refractivity contribution in [2.24, 2.45) is 23.7 Å². The molecule has 2 heteroatoms. The van der Waals surface area contributed by atoms with Crippen molar-refractivity contribution in [3.05, 3.63) is 0 Å². The first-order valence-electron chi connectivity index (χ1n) is 9.37. The summed E-state index contributed by atoms with van der Waals surface area (Å²) in [5.41, 5.74) is 0. The van der Waals surface area contributed by atoms with Crippen LogP contribution in [0.1, 0.15) is 90.4 Å². The standard InChI is InChI=1S/C19H34O2/c1-15-9-11-18-14-16(10-12-17(18)13-15)7-5-3-2-4-6-8-19(20)21/h15-18H,2-14H2,1H3,(H,20,21). The van der Waals surface area contributed by atoms with Crippen LogP contribution in [-0.4, -0.2) is 11.1 Å². The molecule has 0 saturated heterocycles. The summed E-state index contributed by atoms with van der Waals surface area (Å²) >= 11 is 0. The highest BCUT2D eigenvalue weighted by Crippen LogP contribution is 2.45. The molecule has 2 aliphatic rings. The second-order valence-electron chi connectivity index (χ2n) is 7.82. The molecule has 0 amide bonds. The van der Waals surface area contributed by atoms with Gasteiger partial charge in [-0.05, 0) is 55.8 Å². The van der Waals surface area contributed by atoms with Gasteiger partial charge in [0, 0.05) is 6.42 Å². The summed E-state index contributed by atoms with van der Waals surface area (Å²) in [6, 6.07) is 0. The fraction of sp³-hybridized carbons (Fsp3) is 0.947. The molecule has 0 bridgehead atoms. The molecule has 4 unspecified atom stereocenters. The molecule has 0 aliphatic heterocycles. The number of hydrogen-bond acceptors (Lipinski definition) is 1. The molecule has 2 rings (SSSR count). The predicted octanol–water partition coefficient (Wildman–Crippen LogP) is 5.65. The maximum absolute atomic E-state index is 10.4. The maximum atomic E-state index is 10.4. The van der Waals surface area contributed by atoms with Crippen LogP contribution in [0, 0.1) is 23.7 Å². The topological polar surface area (TPSA) is 37.3 Å². The highest BCUT2D eigenvalue weighted by Gasteiger charge is 2.33. The third kappa shape index (κ3) is 6.00. The number of rotatable bonds is 8. The van der Waals surface area contributed by atoms with Crippen LogP contribution in [0.3, 0.4) is 0 Å². The zero-order valence-electron chi connectivity index (χ0n) is 13.9. The molecule has 0 spiro atoms. The summed E-state index contributed by atoms with van der Waals surface area (Å²) in [6.45, 7) is 2.44. The number of unbranched alkanes of at least 4 members (excludes halogenated alkanes) is 4. The van der Waals surface area contributed by atoms with Gasteiger partial charge in [-0.25, -0.2) is 0 Å². The average Bonchev–Trinajstić information content (AvgIpc) is 2.46. The molecule has 0 aromatic heterocycles. The molecule has 2 saturated carbocycles. The minimum atomic E-state index is -0.645. The Balaban J connectivity index is 1.51. The van der Waals surface area contributed by atoms with E-state index < -0.39 is 5.97 Å². The van der Waals surface area contributed by atoms with E-state index >= 15 is 0 Å². The van der Waals surface area contributed by atoms with Crippen LogP contribution in [0.15, 0.2) is 0 Å². The van der Waals surface area contributed by atoms with Gasteiger partial charge < -0.3 is 5.11 Å². The van der Waals surface area contributed by atoms with Crippen molar-refractivity contribution >= 4 is 5.97 Å². The van der Waals surface area contributed by atoms with Crippen LogP contribution < -0.4 is 0 Å². The lowest BCUT2D eigenvalue weighted by atomic mass is 9.64. The Bertz CT molecular complexity index is 313. The minimum Gasteiger partial charge on any atom is -0.481 e. The van der Waals surface area contributed by atoms with Gasteiger partial charge in [0.2, 0.25) is 0 Å². The number of hydrogen-bond donors (Lipinski definition) is 1. The average molecular weight is 294 g/mol. The highest BCUT2D eigenvalue weighted by atomic mass is 16.4. The van der Waals surface area contributed by atoms with Crippen molar-refractivity contribution in [1.82, 2.24) is 0 Å². The molecule has 4 atom stereocenters. The first kappa shape index (κ1) is 16.8. The lowest BCUT2D eigenvalue weighted by Crippen LogP contribution is -2.30. The summed E-state index contributed by atoms with van der Waals surface area (Å²) in [5, 5.41) is 8.60. The molecule has 0 heterocycles. The van der Waals surface area contributed by atoms with Crippen molar-refractivity contribution in [2.75, 3.05) is 0 Å². The molecular formula is C19H34O2. The van der Waals surface area contributed by atoms with E-state index in [2.05, 4.69) is 6.92 Å². The normalized spacial score (nSPS) is 32.6. The fourth-order valence-corrected chi connectivity index (χ4v) is 4.72. The largest absolute Gasteiger partial charge is 0.481 e. The fourth-order valence-electron chi connectivity index (χ4n) is 4.72. The number of aliphatic carboxylic acids is 1. The van der Waals surface area contributed by atoms with Crippen LogP contribution >= 0.6 is 0 Å². The number of fused-ring (bicyclic) bond motifs is 1. The molecule has 1 N–H and O–H groups in total. The molecule has 2 fully saturated rings. The molecule has 21 heavy (non-hydrogen) atoms. The lowest BCUT2D eigenvalue weighted by Gasteiger charge is -2.41. The Morgan fingerprint density at radius 2 is 1.57 bits per heavy atom. The van der Waals surface area contributed by atoms with Crippen LogP contribution in [0.25, 0.3) is 0 Å². The van der Waals surface area contributed by atoms with E-state index in [0.29, 0.717) is 6.42 Å². The number of carboxylic acid groups (broad SMARTS) is 1. The van der Waals surface area contributed by atoms with Gasteiger partial charge >= 0.3 is 5.97 Å². The molecule has 0 aromatic rings. The summed E-state index contributed by atoms with van der Waals surface area (Å²) in [6.07, 6.45) is 16.6. The number of carbonyl (C=O) groups is 1. The van der Waals surface area contributed by atoms with E-state index in [-0.39, 0.29) is 0 Å². The Hall–Kier alpha value is -0.530. The monoisotopic (exact) mass is 294 g/mol. The first-order chi connectivity index (χ1) is 10.1. The van der Waals surface area contributed by atoms with Gasteiger partial charge in [0.1, 0.15) is 0 Å². The molecule has 2 nitrogen and oxygen atoms in total.